The number of carbonyl (C=O) groups excluding carboxylic acids is 1. The topological polar surface area (TPSA) is 55.8 Å². The Morgan fingerprint density at radius 2 is 2.11 bits per heavy atom. The van der Waals surface area contributed by atoms with E-state index in [-0.39, 0.29) is 5.76 Å². The van der Waals surface area contributed by atoms with Crippen molar-refractivity contribution < 1.29 is 19.4 Å². The van der Waals surface area contributed by atoms with Crippen molar-refractivity contribution in [3.05, 3.63) is 52.9 Å². The number of cyclic esters (lactones) is 1. The molecule has 5 heteroatoms. The maximum absolute atomic E-state index is 11.0. The average molecular weight is 274 g/mol. The minimum Gasteiger partial charge on any atom is -0.454 e. The molecule has 1 atom stereocenters. The Morgan fingerprint density at radius 3 is 2.79 bits per heavy atom. The summed E-state index contributed by atoms with van der Waals surface area (Å²) >= 11 is 1.59. The average Bonchev–Trinajstić information content (AvgIpc) is 3.01. The molecule has 0 radical (unpaired) electrons. The predicted molar refractivity (Wildman–Crippen MR) is 70.6 cm³/mol. The van der Waals surface area contributed by atoms with E-state index in [1.54, 1.807) is 17.4 Å². The Hall–Kier alpha value is -2.11. The van der Waals surface area contributed by atoms with Gasteiger partial charge in [0.2, 0.25) is 0 Å². The van der Waals surface area contributed by atoms with E-state index in [0.29, 0.717) is 5.75 Å². The number of hydrogen-bond donors (Lipinski definition) is 1. The zero-order valence-corrected chi connectivity index (χ0v) is 10.6. The van der Waals surface area contributed by atoms with Crippen LogP contribution in [0, 0.1) is 0 Å². The fourth-order valence-corrected chi connectivity index (χ4v) is 2.46. The molecule has 0 saturated heterocycles. The summed E-state index contributed by atoms with van der Waals surface area (Å²) in [6, 6.07) is 9.41. The number of thiophene rings is 1. The molecule has 0 spiro atoms. The molecule has 1 aromatic heterocycles. The van der Waals surface area contributed by atoms with Gasteiger partial charge in [0.25, 0.3) is 6.29 Å². The van der Waals surface area contributed by atoms with Gasteiger partial charge in [-0.2, -0.15) is 11.3 Å². The van der Waals surface area contributed by atoms with Crippen molar-refractivity contribution in [1.82, 2.24) is 0 Å². The molecule has 0 saturated carbocycles. The van der Waals surface area contributed by atoms with Gasteiger partial charge >= 0.3 is 5.97 Å². The molecular formula is C14H10O4S. The van der Waals surface area contributed by atoms with E-state index in [4.69, 9.17) is 4.74 Å². The maximum Gasteiger partial charge on any atom is 0.337 e. The number of para-hydroxylation sites is 1. The van der Waals surface area contributed by atoms with E-state index in [1.807, 2.05) is 35.0 Å². The van der Waals surface area contributed by atoms with Crippen LogP contribution in [0.3, 0.4) is 0 Å². The first kappa shape index (κ1) is 12.0. The highest BCUT2D eigenvalue weighted by atomic mass is 32.1. The Labute approximate surface area is 113 Å². The Balaban J connectivity index is 1.94. The van der Waals surface area contributed by atoms with E-state index >= 15 is 0 Å². The highest BCUT2D eigenvalue weighted by Crippen LogP contribution is 2.33. The molecule has 0 bridgehead atoms. The maximum atomic E-state index is 11.0. The lowest BCUT2D eigenvalue weighted by Gasteiger charge is -2.12. The minimum absolute atomic E-state index is 0.104. The van der Waals surface area contributed by atoms with Crippen LogP contribution in [0.5, 0.6) is 5.75 Å². The van der Waals surface area contributed by atoms with Crippen molar-refractivity contribution in [2.24, 2.45) is 0 Å². The van der Waals surface area contributed by atoms with Crippen LogP contribution >= 0.6 is 11.3 Å². The number of esters is 1. The summed E-state index contributed by atoms with van der Waals surface area (Å²) in [5.41, 5.74) is 1.93. The van der Waals surface area contributed by atoms with Crippen LogP contribution in [-0.4, -0.2) is 17.4 Å². The predicted octanol–water partition coefficient (Wildman–Crippen LogP) is 2.55. The molecule has 96 valence electrons. The number of ether oxygens (including phenoxy) is 2. The van der Waals surface area contributed by atoms with Gasteiger partial charge in [-0.3, -0.25) is 0 Å². The SMILES string of the molecule is O=C1C=C(Oc2ccccc2-c2ccsc2)C(O)O1. The Bertz CT molecular complexity index is 631. The van der Waals surface area contributed by atoms with Gasteiger partial charge in [0.1, 0.15) is 5.75 Å². The summed E-state index contributed by atoms with van der Waals surface area (Å²) in [6.45, 7) is 0. The number of carbonyl (C=O) groups is 1. The highest BCUT2D eigenvalue weighted by molar-refractivity contribution is 7.08. The van der Waals surface area contributed by atoms with Crippen LogP contribution in [0.1, 0.15) is 0 Å². The molecule has 0 amide bonds. The van der Waals surface area contributed by atoms with Crippen molar-refractivity contribution >= 4 is 17.3 Å². The van der Waals surface area contributed by atoms with Crippen molar-refractivity contribution in [2.75, 3.05) is 0 Å². The first-order chi connectivity index (χ1) is 9.24. The lowest BCUT2D eigenvalue weighted by Crippen LogP contribution is -2.13. The molecule has 1 unspecified atom stereocenters. The molecule has 19 heavy (non-hydrogen) atoms. The number of aliphatic hydroxyl groups is 1. The molecule has 4 nitrogen and oxygen atoms in total. The molecular weight excluding hydrogens is 264 g/mol. The summed E-state index contributed by atoms with van der Waals surface area (Å²) in [5, 5.41) is 13.5. The van der Waals surface area contributed by atoms with E-state index in [1.165, 1.54) is 0 Å². The Kier molecular flexibility index (Phi) is 3.06. The third-order valence-corrected chi connectivity index (χ3v) is 3.36. The fourth-order valence-electron chi connectivity index (χ4n) is 1.81. The minimum atomic E-state index is -1.33. The van der Waals surface area contributed by atoms with Crippen molar-refractivity contribution in [2.45, 2.75) is 6.29 Å². The molecule has 2 heterocycles. The first-order valence-corrected chi connectivity index (χ1v) is 6.58. The zero-order valence-electron chi connectivity index (χ0n) is 9.78. The molecule has 3 rings (SSSR count). The second kappa shape index (κ2) is 4.87. The lowest BCUT2D eigenvalue weighted by atomic mass is 10.1. The first-order valence-electron chi connectivity index (χ1n) is 5.64. The molecule has 1 N–H and O–H groups in total. The quantitative estimate of drug-likeness (QED) is 0.874. The van der Waals surface area contributed by atoms with Crippen molar-refractivity contribution in [1.29, 1.82) is 0 Å². The molecule has 0 aliphatic carbocycles. The number of aliphatic hydroxyl groups excluding tert-OH is 1. The van der Waals surface area contributed by atoms with E-state index < -0.39 is 12.3 Å². The zero-order chi connectivity index (χ0) is 13.2. The monoisotopic (exact) mass is 274 g/mol. The lowest BCUT2D eigenvalue weighted by molar-refractivity contribution is -0.153. The van der Waals surface area contributed by atoms with Gasteiger partial charge in [-0.25, -0.2) is 4.79 Å². The second-order valence-electron chi connectivity index (χ2n) is 3.95. The molecule has 1 aliphatic rings. The van der Waals surface area contributed by atoms with Crippen LogP contribution in [-0.2, 0) is 9.53 Å². The van der Waals surface area contributed by atoms with Crippen LogP contribution in [0.2, 0.25) is 0 Å². The van der Waals surface area contributed by atoms with Gasteiger partial charge in [0, 0.05) is 5.56 Å². The van der Waals surface area contributed by atoms with Crippen LogP contribution < -0.4 is 4.74 Å². The Morgan fingerprint density at radius 1 is 1.26 bits per heavy atom. The smallest absolute Gasteiger partial charge is 0.337 e. The number of hydrogen-bond acceptors (Lipinski definition) is 5. The molecule has 0 fully saturated rings. The summed E-state index contributed by atoms with van der Waals surface area (Å²) in [5.74, 6) is 0.0766. The molecule has 1 aromatic carbocycles. The van der Waals surface area contributed by atoms with Gasteiger partial charge in [0.05, 0.1) is 6.08 Å². The number of rotatable bonds is 3. The summed E-state index contributed by atoms with van der Waals surface area (Å²) < 4.78 is 10.2. The second-order valence-corrected chi connectivity index (χ2v) is 4.73. The molecule has 2 aromatic rings. The van der Waals surface area contributed by atoms with Gasteiger partial charge in [0.15, 0.2) is 5.76 Å². The molecule has 1 aliphatic heterocycles. The summed E-state index contributed by atoms with van der Waals surface area (Å²) in [7, 11) is 0. The van der Waals surface area contributed by atoms with Gasteiger partial charge in [-0.1, -0.05) is 18.2 Å². The number of benzene rings is 1. The third kappa shape index (κ3) is 2.38. The van der Waals surface area contributed by atoms with Gasteiger partial charge in [-0.15, -0.1) is 0 Å². The van der Waals surface area contributed by atoms with E-state index in [0.717, 1.165) is 17.2 Å². The third-order valence-electron chi connectivity index (χ3n) is 2.68. The van der Waals surface area contributed by atoms with Crippen LogP contribution in [0.4, 0.5) is 0 Å². The van der Waals surface area contributed by atoms with Crippen molar-refractivity contribution in [3.8, 4) is 16.9 Å². The van der Waals surface area contributed by atoms with Crippen molar-refractivity contribution in [3.63, 3.8) is 0 Å². The van der Waals surface area contributed by atoms with Gasteiger partial charge in [-0.05, 0) is 28.5 Å². The fraction of sp³-hybridized carbons (Fsp3) is 0.0714. The largest absolute Gasteiger partial charge is 0.454 e. The standard InChI is InChI=1S/C14H10O4S/c15-13-7-12(14(16)18-13)17-11-4-2-1-3-10(11)9-5-6-19-8-9/h1-8,14,16H. The van der Waals surface area contributed by atoms with Crippen LogP contribution in [0.15, 0.2) is 52.9 Å². The van der Waals surface area contributed by atoms with E-state index in [9.17, 15) is 9.90 Å². The van der Waals surface area contributed by atoms with Gasteiger partial charge < -0.3 is 14.6 Å². The highest BCUT2D eigenvalue weighted by Gasteiger charge is 2.26. The van der Waals surface area contributed by atoms with Crippen LogP contribution in [0.25, 0.3) is 11.1 Å². The normalized spacial score (nSPS) is 18.1. The van der Waals surface area contributed by atoms with E-state index in [2.05, 4.69) is 4.74 Å². The summed E-state index contributed by atoms with van der Waals surface area (Å²) in [4.78, 5) is 11.0. The summed E-state index contributed by atoms with van der Waals surface area (Å²) in [6.07, 6.45) is -0.183.